The van der Waals surface area contributed by atoms with Gasteiger partial charge in [0.25, 0.3) is 0 Å². The predicted molar refractivity (Wildman–Crippen MR) is 67.3 cm³/mol. The van der Waals surface area contributed by atoms with Crippen molar-refractivity contribution in [2.24, 2.45) is 0 Å². The second-order valence-electron chi connectivity index (χ2n) is 3.69. The molecule has 0 amide bonds. The summed E-state index contributed by atoms with van der Waals surface area (Å²) in [5.41, 5.74) is 2.16. The van der Waals surface area contributed by atoms with Gasteiger partial charge in [-0.05, 0) is 24.3 Å². The van der Waals surface area contributed by atoms with Crippen LogP contribution in [-0.4, -0.2) is 7.11 Å². The van der Waals surface area contributed by atoms with Gasteiger partial charge in [0.05, 0.1) is 19.6 Å². The number of rotatable bonds is 5. The first kappa shape index (κ1) is 12.0. The quantitative estimate of drug-likeness (QED) is 0.886. The van der Waals surface area contributed by atoms with E-state index in [1.54, 1.807) is 19.6 Å². The van der Waals surface area contributed by atoms with Crippen molar-refractivity contribution in [2.75, 3.05) is 7.11 Å². The number of hydrogen-bond donors (Lipinski definition) is 1. The number of furan rings is 1. The van der Waals surface area contributed by atoms with Gasteiger partial charge in [0.1, 0.15) is 5.75 Å². The third-order valence-corrected chi connectivity index (χ3v) is 2.70. The Morgan fingerprint density at radius 3 is 2.88 bits per heavy atom. The van der Waals surface area contributed by atoms with Gasteiger partial charge in [0.15, 0.2) is 0 Å². The Labute approximate surface area is 105 Å². The van der Waals surface area contributed by atoms with Crippen LogP contribution in [-0.2, 0) is 13.1 Å². The summed E-state index contributed by atoms with van der Waals surface area (Å²) in [4.78, 5) is 0. The van der Waals surface area contributed by atoms with Gasteiger partial charge in [-0.3, -0.25) is 0 Å². The summed E-state index contributed by atoms with van der Waals surface area (Å²) in [5, 5.41) is 4.02. The molecule has 1 aromatic carbocycles. The van der Waals surface area contributed by atoms with Gasteiger partial charge in [-0.2, -0.15) is 0 Å². The molecule has 0 saturated carbocycles. The van der Waals surface area contributed by atoms with Crippen LogP contribution in [0.2, 0.25) is 5.02 Å². The molecule has 0 atom stereocenters. The highest BCUT2D eigenvalue weighted by Crippen LogP contribution is 2.22. The molecule has 0 aliphatic rings. The first-order chi connectivity index (χ1) is 8.29. The summed E-state index contributed by atoms with van der Waals surface area (Å²) in [7, 11) is 1.66. The minimum Gasteiger partial charge on any atom is -0.496 e. The summed E-state index contributed by atoms with van der Waals surface area (Å²) in [6, 6.07) is 7.53. The molecular weight excluding hydrogens is 238 g/mol. The molecule has 0 aliphatic carbocycles. The number of hydrogen-bond acceptors (Lipinski definition) is 3. The molecule has 2 rings (SSSR count). The predicted octanol–water partition coefficient (Wildman–Crippen LogP) is 3.23. The first-order valence-corrected chi connectivity index (χ1v) is 5.71. The smallest absolute Gasteiger partial charge is 0.123 e. The monoisotopic (exact) mass is 251 g/mol. The topological polar surface area (TPSA) is 34.4 Å². The van der Waals surface area contributed by atoms with Crippen LogP contribution in [0, 0.1) is 0 Å². The fourth-order valence-corrected chi connectivity index (χ4v) is 1.81. The Hall–Kier alpha value is -1.45. The standard InChI is InChI=1S/C13H14ClNO2/c1-16-13-3-2-12(14)6-11(13)8-15-7-10-4-5-17-9-10/h2-6,9,15H,7-8H2,1H3. The third-order valence-electron chi connectivity index (χ3n) is 2.47. The zero-order chi connectivity index (χ0) is 12.1. The maximum atomic E-state index is 5.95. The number of methoxy groups -OCH3 is 1. The second kappa shape index (κ2) is 5.75. The Morgan fingerprint density at radius 2 is 2.18 bits per heavy atom. The van der Waals surface area contributed by atoms with Crippen molar-refractivity contribution in [1.29, 1.82) is 0 Å². The third kappa shape index (κ3) is 3.25. The molecule has 0 radical (unpaired) electrons. The highest BCUT2D eigenvalue weighted by Gasteiger charge is 2.03. The molecule has 1 N–H and O–H groups in total. The van der Waals surface area contributed by atoms with E-state index in [2.05, 4.69) is 5.32 Å². The molecule has 0 fully saturated rings. The lowest BCUT2D eigenvalue weighted by Gasteiger charge is -2.09. The van der Waals surface area contributed by atoms with E-state index in [-0.39, 0.29) is 0 Å². The highest BCUT2D eigenvalue weighted by atomic mass is 35.5. The molecule has 2 aromatic rings. The molecule has 90 valence electrons. The van der Waals surface area contributed by atoms with Gasteiger partial charge in [0, 0.05) is 29.2 Å². The van der Waals surface area contributed by atoms with E-state index >= 15 is 0 Å². The zero-order valence-electron chi connectivity index (χ0n) is 9.57. The molecule has 0 saturated heterocycles. The normalized spacial score (nSPS) is 10.5. The van der Waals surface area contributed by atoms with Crippen LogP contribution in [0.1, 0.15) is 11.1 Å². The van der Waals surface area contributed by atoms with E-state index in [0.717, 1.165) is 23.4 Å². The molecule has 4 heteroatoms. The van der Waals surface area contributed by atoms with Gasteiger partial charge >= 0.3 is 0 Å². The fourth-order valence-electron chi connectivity index (χ4n) is 1.62. The van der Waals surface area contributed by atoms with Gasteiger partial charge in [-0.1, -0.05) is 11.6 Å². The zero-order valence-corrected chi connectivity index (χ0v) is 10.3. The number of ether oxygens (including phenoxy) is 1. The van der Waals surface area contributed by atoms with Crippen LogP contribution in [0.5, 0.6) is 5.75 Å². The summed E-state index contributed by atoms with van der Waals surface area (Å²) in [6.45, 7) is 1.46. The van der Waals surface area contributed by atoms with Crippen LogP contribution in [0.25, 0.3) is 0 Å². The molecule has 0 unspecified atom stereocenters. The Bertz CT molecular complexity index is 468. The molecule has 1 heterocycles. The average molecular weight is 252 g/mol. The van der Waals surface area contributed by atoms with Crippen molar-refractivity contribution in [1.82, 2.24) is 5.32 Å². The van der Waals surface area contributed by atoms with Crippen LogP contribution in [0.3, 0.4) is 0 Å². The van der Waals surface area contributed by atoms with E-state index in [1.165, 1.54) is 0 Å². The molecule has 17 heavy (non-hydrogen) atoms. The average Bonchev–Trinajstić information content (AvgIpc) is 2.82. The summed E-state index contributed by atoms with van der Waals surface area (Å²) < 4.78 is 10.3. The van der Waals surface area contributed by atoms with E-state index in [0.29, 0.717) is 11.6 Å². The van der Waals surface area contributed by atoms with Crippen molar-refractivity contribution < 1.29 is 9.15 Å². The van der Waals surface area contributed by atoms with E-state index < -0.39 is 0 Å². The van der Waals surface area contributed by atoms with E-state index in [1.807, 2.05) is 24.3 Å². The molecular formula is C13H14ClNO2. The molecule has 0 aliphatic heterocycles. The first-order valence-electron chi connectivity index (χ1n) is 5.34. The summed E-state index contributed by atoms with van der Waals surface area (Å²) in [5.74, 6) is 0.842. The van der Waals surface area contributed by atoms with Crippen molar-refractivity contribution in [3.63, 3.8) is 0 Å². The Kier molecular flexibility index (Phi) is 4.07. The largest absolute Gasteiger partial charge is 0.496 e. The van der Waals surface area contributed by atoms with Gasteiger partial charge in [-0.15, -0.1) is 0 Å². The minimum absolute atomic E-state index is 0.703. The number of nitrogens with one attached hydrogen (secondary N) is 1. The number of halogens is 1. The molecule has 1 aromatic heterocycles. The fraction of sp³-hybridized carbons (Fsp3) is 0.231. The maximum Gasteiger partial charge on any atom is 0.123 e. The minimum atomic E-state index is 0.703. The van der Waals surface area contributed by atoms with Crippen LogP contribution < -0.4 is 10.1 Å². The highest BCUT2D eigenvalue weighted by molar-refractivity contribution is 6.30. The maximum absolute atomic E-state index is 5.95. The summed E-state index contributed by atoms with van der Waals surface area (Å²) in [6.07, 6.45) is 3.39. The van der Waals surface area contributed by atoms with Crippen molar-refractivity contribution in [3.8, 4) is 5.75 Å². The molecule has 0 spiro atoms. The molecule has 3 nitrogen and oxygen atoms in total. The van der Waals surface area contributed by atoms with Crippen molar-refractivity contribution >= 4 is 11.6 Å². The SMILES string of the molecule is COc1ccc(Cl)cc1CNCc1ccoc1. The van der Waals surface area contributed by atoms with Crippen LogP contribution in [0.4, 0.5) is 0 Å². The van der Waals surface area contributed by atoms with Gasteiger partial charge in [-0.25, -0.2) is 0 Å². The Balaban J connectivity index is 1.96. The van der Waals surface area contributed by atoms with Gasteiger partial charge < -0.3 is 14.5 Å². The van der Waals surface area contributed by atoms with E-state index in [4.69, 9.17) is 20.8 Å². The van der Waals surface area contributed by atoms with Crippen molar-refractivity contribution in [2.45, 2.75) is 13.1 Å². The number of benzene rings is 1. The second-order valence-corrected chi connectivity index (χ2v) is 4.13. The van der Waals surface area contributed by atoms with Crippen LogP contribution in [0.15, 0.2) is 41.2 Å². The summed E-state index contributed by atoms with van der Waals surface area (Å²) >= 11 is 5.95. The Morgan fingerprint density at radius 1 is 1.29 bits per heavy atom. The molecule has 0 bridgehead atoms. The lowest BCUT2D eigenvalue weighted by atomic mass is 10.2. The van der Waals surface area contributed by atoms with Crippen LogP contribution >= 0.6 is 11.6 Å². The van der Waals surface area contributed by atoms with Crippen molar-refractivity contribution in [3.05, 3.63) is 52.9 Å². The lowest BCUT2D eigenvalue weighted by Crippen LogP contribution is -2.12. The van der Waals surface area contributed by atoms with E-state index in [9.17, 15) is 0 Å². The lowest BCUT2D eigenvalue weighted by molar-refractivity contribution is 0.407. The van der Waals surface area contributed by atoms with Gasteiger partial charge in [0.2, 0.25) is 0 Å².